The van der Waals surface area contributed by atoms with E-state index in [-0.39, 0.29) is 0 Å². The van der Waals surface area contributed by atoms with Crippen LogP contribution in [0.3, 0.4) is 0 Å². The van der Waals surface area contributed by atoms with Crippen molar-refractivity contribution in [1.29, 1.82) is 0 Å². The van der Waals surface area contributed by atoms with Crippen LogP contribution in [0.5, 0.6) is 5.75 Å². The molecule has 15 heavy (non-hydrogen) atoms. The first-order chi connectivity index (χ1) is 7.31. The molecule has 1 aromatic rings. The molecule has 2 heteroatoms. The van der Waals surface area contributed by atoms with E-state index >= 15 is 0 Å². The third-order valence-electron chi connectivity index (χ3n) is 2.94. The van der Waals surface area contributed by atoms with Crippen LogP contribution in [0.15, 0.2) is 24.3 Å². The largest absolute Gasteiger partial charge is 0.494 e. The van der Waals surface area contributed by atoms with Crippen LogP contribution in [0.25, 0.3) is 0 Å². The van der Waals surface area contributed by atoms with Gasteiger partial charge in [-0.1, -0.05) is 25.1 Å². The van der Waals surface area contributed by atoms with Crippen molar-refractivity contribution in [3.05, 3.63) is 29.8 Å². The lowest BCUT2D eigenvalue weighted by Gasteiger charge is -2.10. The number of hydrogen-bond acceptors (Lipinski definition) is 2. The van der Waals surface area contributed by atoms with Crippen molar-refractivity contribution in [2.45, 2.75) is 32.9 Å². The molecule has 0 radical (unpaired) electrons. The standard InChI is InChI=1S/C13H19NO/c1-3-15-13-7-5-4-6-11(13)9-14-12-8-10(12)2/h4-7,10,12,14H,3,8-9H2,1-2H3. The first kappa shape index (κ1) is 10.5. The predicted molar refractivity (Wildman–Crippen MR) is 62.0 cm³/mol. The number of rotatable bonds is 5. The minimum atomic E-state index is 0.722. The van der Waals surface area contributed by atoms with Gasteiger partial charge in [0.1, 0.15) is 5.75 Å². The molecule has 0 spiro atoms. The zero-order valence-corrected chi connectivity index (χ0v) is 9.49. The number of ether oxygens (including phenoxy) is 1. The molecular formula is C13H19NO. The van der Waals surface area contributed by atoms with E-state index in [1.54, 1.807) is 0 Å². The molecule has 2 atom stereocenters. The molecule has 1 saturated carbocycles. The van der Waals surface area contributed by atoms with Gasteiger partial charge in [0, 0.05) is 18.2 Å². The maximum atomic E-state index is 5.58. The van der Waals surface area contributed by atoms with E-state index in [1.807, 2.05) is 19.1 Å². The van der Waals surface area contributed by atoms with Crippen LogP contribution >= 0.6 is 0 Å². The molecule has 0 heterocycles. The Balaban J connectivity index is 1.93. The second-order valence-corrected chi connectivity index (χ2v) is 4.24. The number of hydrogen-bond donors (Lipinski definition) is 1. The molecule has 1 aliphatic carbocycles. The molecule has 2 nitrogen and oxygen atoms in total. The number of nitrogens with one attached hydrogen (secondary N) is 1. The normalized spacial score (nSPS) is 23.9. The molecule has 1 N–H and O–H groups in total. The zero-order valence-electron chi connectivity index (χ0n) is 9.49. The van der Waals surface area contributed by atoms with E-state index in [1.165, 1.54) is 12.0 Å². The molecule has 0 aliphatic heterocycles. The second kappa shape index (κ2) is 4.67. The highest BCUT2D eigenvalue weighted by Gasteiger charge is 2.31. The molecule has 2 rings (SSSR count). The molecule has 0 saturated heterocycles. The van der Waals surface area contributed by atoms with Crippen LogP contribution < -0.4 is 10.1 Å². The molecule has 0 amide bonds. The quantitative estimate of drug-likeness (QED) is 0.797. The Hall–Kier alpha value is -1.02. The van der Waals surface area contributed by atoms with Gasteiger partial charge in [-0.15, -0.1) is 0 Å². The van der Waals surface area contributed by atoms with Gasteiger partial charge in [0.25, 0.3) is 0 Å². The van der Waals surface area contributed by atoms with Crippen LogP contribution in [0.1, 0.15) is 25.8 Å². The van der Waals surface area contributed by atoms with E-state index in [0.717, 1.165) is 30.9 Å². The van der Waals surface area contributed by atoms with Gasteiger partial charge >= 0.3 is 0 Å². The Morgan fingerprint density at radius 1 is 1.40 bits per heavy atom. The van der Waals surface area contributed by atoms with Crippen LogP contribution in [0.4, 0.5) is 0 Å². The summed E-state index contributed by atoms with van der Waals surface area (Å²) in [5.74, 6) is 1.87. The number of benzene rings is 1. The van der Waals surface area contributed by atoms with Crippen molar-refractivity contribution in [1.82, 2.24) is 5.32 Å². The fourth-order valence-corrected chi connectivity index (χ4v) is 1.79. The predicted octanol–water partition coefficient (Wildman–Crippen LogP) is 2.58. The Labute approximate surface area is 91.6 Å². The summed E-state index contributed by atoms with van der Waals surface area (Å²) in [6, 6.07) is 8.98. The average molecular weight is 205 g/mol. The van der Waals surface area contributed by atoms with Gasteiger partial charge in [-0.05, 0) is 25.3 Å². The maximum Gasteiger partial charge on any atom is 0.123 e. The van der Waals surface area contributed by atoms with Gasteiger partial charge in [-0.2, -0.15) is 0 Å². The van der Waals surface area contributed by atoms with E-state index in [0.29, 0.717) is 0 Å². The summed E-state index contributed by atoms with van der Waals surface area (Å²) in [5, 5.41) is 3.54. The van der Waals surface area contributed by atoms with Crippen molar-refractivity contribution in [2.24, 2.45) is 5.92 Å². The average Bonchev–Trinajstić information content (AvgIpc) is 2.94. The number of para-hydroxylation sites is 1. The Morgan fingerprint density at radius 2 is 2.13 bits per heavy atom. The summed E-state index contributed by atoms with van der Waals surface area (Å²) in [4.78, 5) is 0. The topological polar surface area (TPSA) is 21.3 Å². The highest BCUT2D eigenvalue weighted by molar-refractivity contribution is 5.33. The highest BCUT2D eigenvalue weighted by atomic mass is 16.5. The monoisotopic (exact) mass is 205 g/mol. The summed E-state index contributed by atoms with van der Waals surface area (Å²) in [6.07, 6.45) is 1.32. The molecular weight excluding hydrogens is 186 g/mol. The summed E-state index contributed by atoms with van der Waals surface area (Å²) in [5.41, 5.74) is 1.26. The maximum absolute atomic E-state index is 5.58. The molecule has 1 aliphatic rings. The minimum Gasteiger partial charge on any atom is -0.494 e. The smallest absolute Gasteiger partial charge is 0.123 e. The summed E-state index contributed by atoms with van der Waals surface area (Å²) >= 11 is 0. The minimum absolute atomic E-state index is 0.722. The van der Waals surface area contributed by atoms with E-state index in [4.69, 9.17) is 4.74 Å². The first-order valence-corrected chi connectivity index (χ1v) is 5.75. The van der Waals surface area contributed by atoms with Crippen LogP contribution in [-0.4, -0.2) is 12.6 Å². The zero-order chi connectivity index (χ0) is 10.7. The van der Waals surface area contributed by atoms with E-state index < -0.39 is 0 Å². The van der Waals surface area contributed by atoms with E-state index in [9.17, 15) is 0 Å². The van der Waals surface area contributed by atoms with E-state index in [2.05, 4.69) is 24.4 Å². The van der Waals surface area contributed by atoms with Crippen molar-refractivity contribution < 1.29 is 4.74 Å². The van der Waals surface area contributed by atoms with Crippen molar-refractivity contribution in [2.75, 3.05) is 6.61 Å². The van der Waals surface area contributed by atoms with Crippen molar-refractivity contribution in [3.8, 4) is 5.75 Å². The Kier molecular flexibility index (Phi) is 3.27. The first-order valence-electron chi connectivity index (χ1n) is 5.75. The molecule has 0 bridgehead atoms. The van der Waals surface area contributed by atoms with Crippen LogP contribution in [0.2, 0.25) is 0 Å². The van der Waals surface area contributed by atoms with Crippen LogP contribution in [-0.2, 0) is 6.54 Å². The van der Waals surface area contributed by atoms with Crippen molar-refractivity contribution >= 4 is 0 Å². The lowest BCUT2D eigenvalue weighted by molar-refractivity contribution is 0.335. The Morgan fingerprint density at radius 3 is 2.80 bits per heavy atom. The van der Waals surface area contributed by atoms with Gasteiger partial charge in [0.05, 0.1) is 6.61 Å². The molecule has 82 valence electrons. The molecule has 2 unspecified atom stereocenters. The van der Waals surface area contributed by atoms with Gasteiger partial charge in [-0.3, -0.25) is 0 Å². The summed E-state index contributed by atoms with van der Waals surface area (Å²) in [7, 11) is 0. The van der Waals surface area contributed by atoms with Gasteiger partial charge in [0.15, 0.2) is 0 Å². The summed E-state index contributed by atoms with van der Waals surface area (Å²) in [6.45, 7) is 5.96. The third-order valence-corrected chi connectivity index (χ3v) is 2.94. The summed E-state index contributed by atoms with van der Waals surface area (Å²) < 4.78 is 5.58. The highest BCUT2D eigenvalue weighted by Crippen LogP contribution is 2.29. The third kappa shape index (κ3) is 2.72. The van der Waals surface area contributed by atoms with Gasteiger partial charge in [0.2, 0.25) is 0 Å². The van der Waals surface area contributed by atoms with Gasteiger partial charge in [-0.25, -0.2) is 0 Å². The SMILES string of the molecule is CCOc1ccccc1CNC1CC1C. The molecule has 1 fully saturated rings. The lowest BCUT2D eigenvalue weighted by Crippen LogP contribution is -2.17. The van der Waals surface area contributed by atoms with Gasteiger partial charge < -0.3 is 10.1 Å². The second-order valence-electron chi connectivity index (χ2n) is 4.24. The molecule has 1 aromatic carbocycles. The van der Waals surface area contributed by atoms with Crippen LogP contribution in [0, 0.1) is 5.92 Å². The fourth-order valence-electron chi connectivity index (χ4n) is 1.79. The lowest BCUT2D eigenvalue weighted by atomic mass is 10.2. The molecule has 0 aromatic heterocycles. The van der Waals surface area contributed by atoms with Crippen molar-refractivity contribution in [3.63, 3.8) is 0 Å². The fraction of sp³-hybridized carbons (Fsp3) is 0.538. The Bertz CT molecular complexity index is 324.